The van der Waals surface area contributed by atoms with E-state index in [0.717, 1.165) is 36.4 Å². The fourth-order valence-corrected chi connectivity index (χ4v) is 1.55. The van der Waals surface area contributed by atoms with E-state index >= 15 is 0 Å². The van der Waals surface area contributed by atoms with Crippen molar-refractivity contribution >= 4 is 17.2 Å². The van der Waals surface area contributed by atoms with Gasteiger partial charge in [0.05, 0.1) is 11.4 Å². The number of nitrogen functional groups attached to an aromatic ring is 1. The first-order valence-electron chi connectivity index (χ1n) is 5.65. The molecule has 0 spiro atoms. The quantitative estimate of drug-likeness (QED) is 0.439. The fourth-order valence-electron chi connectivity index (χ4n) is 1.55. The molecule has 0 aliphatic carbocycles. The molecule has 1 aromatic rings. The monoisotopic (exact) mass is 220 g/mol. The van der Waals surface area contributed by atoms with E-state index in [2.05, 4.69) is 17.6 Å². The van der Waals surface area contributed by atoms with E-state index in [9.17, 15) is 0 Å². The molecule has 0 unspecified atom stereocenters. The molecule has 0 radical (unpaired) electrons. The van der Waals surface area contributed by atoms with Crippen LogP contribution in [0.1, 0.15) is 25.8 Å². The molecule has 0 bridgehead atoms. The molecule has 4 heteroatoms. The zero-order chi connectivity index (χ0) is 12.0. The molecule has 0 saturated carbocycles. The Balaban J connectivity index is 3.07. The van der Waals surface area contributed by atoms with Crippen LogP contribution < -0.4 is 16.4 Å². The Bertz CT molecular complexity index is 360. The first kappa shape index (κ1) is 12.4. The van der Waals surface area contributed by atoms with Crippen LogP contribution in [0.4, 0.5) is 11.4 Å². The van der Waals surface area contributed by atoms with Crippen LogP contribution in [0.2, 0.25) is 0 Å². The van der Waals surface area contributed by atoms with Gasteiger partial charge >= 0.3 is 0 Å². The van der Waals surface area contributed by atoms with Gasteiger partial charge in [0.25, 0.3) is 0 Å². The van der Waals surface area contributed by atoms with Gasteiger partial charge in [0.2, 0.25) is 0 Å². The van der Waals surface area contributed by atoms with Gasteiger partial charge in [0.15, 0.2) is 0 Å². The van der Waals surface area contributed by atoms with Crippen molar-refractivity contribution in [3.8, 4) is 0 Å². The summed E-state index contributed by atoms with van der Waals surface area (Å²) in [6, 6.07) is 5.76. The zero-order valence-corrected chi connectivity index (χ0v) is 9.93. The van der Waals surface area contributed by atoms with E-state index in [1.165, 1.54) is 0 Å². The molecule has 0 aliphatic rings. The Labute approximate surface area is 96.7 Å². The summed E-state index contributed by atoms with van der Waals surface area (Å²) in [5.41, 5.74) is 8.26. The summed E-state index contributed by atoms with van der Waals surface area (Å²) in [5, 5.41) is 14.1. The molecular formula is C12H20N4. The van der Waals surface area contributed by atoms with Crippen LogP contribution >= 0.6 is 0 Å². The van der Waals surface area contributed by atoms with E-state index < -0.39 is 0 Å². The third-order valence-electron chi connectivity index (χ3n) is 2.27. The molecule has 88 valence electrons. The van der Waals surface area contributed by atoms with Crippen LogP contribution in [-0.4, -0.2) is 18.9 Å². The Morgan fingerprint density at radius 2 is 2.06 bits per heavy atom. The predicted octanol–water partition coefficient (Wildman–Crippen LogP) is 2.22. The van der Waals surface area contributed by atoms with Crippen molar-refractivity contribution in [2.45, 2.75) is 20.3 Å². The van der Waals surface area contributed by atoms with Gasteiger partial charge in [-0.05, 0) is 25.5 Å². The molecule has 0 aromatic heterocycles. The van der Waals surface area contributed by atoms with Gasteiger partial charge in [0, 0.05) is 18.7 Å². The van der Waals surface area contributed by atoms with Crippen LogP contribution in [0, 0.1) is 5.41 Å². The largest absolute Gasteiger partial charge is 0.384 e. The summed E-state index contributed by atoms with van der Waals surface area (Å²) in [4.78, 5) is 0. The smallest absolute Gasteiger partial charge is 0.124 e. The van der Waals surface area contributed by atoms with Crippen LogP contribution in [-0.2, 0) is 0 Å². The van der Waals surface area contributed by atoms with Gasteiger partial charge in [-0.25, -0.2) is 0 Å². The normalized spacial score (nSPS) is 9.88. The zero-order valence-electron chi connectivity index (χ0n) is 9.93. The molecule has 0 heterocycles. The highest BCUT2D eigenvalue weighted by Crippen LogP contribution is 2.25. The number of rotatable bonds is 6. The molecule has 0 atom stereocenters. The van der Waals surface area contributed by atoms with Crippen LogP contribution in [0.25, 0.3) is 0 Å². The van der Waals surface area contributed by atoms with Crippen LogP contribution in [0.3, 0.4) is 0 Å². The highest BCUT2D eigenvalue weighted by molar-refractivity contribution is 6.03. The maximum Gasteiger partial charge on any atom is 0.124 e. The fraction of sp³-hybridized carbons (Fsp3) is 0.417. The molecular weight excluding hydrogens is 200 g/mol. The van der Waals surface area contributed by atoms with Crippen molar-refractivity contribution in [3.63, 3.8) is 0 Å². The van der Waals surface area contributed by atoms with E-state index in [1.54, 1.807) is 0 Å². The van der Waals surface area contributed by atoms with Gasteiger partial charge in [0.1, 0.15) is 5.84 Å². The van der Waals surface area contributed by atoms with Crippen molar-refractivity contribution in [3.05, 3.63) is 23.8 Å². The maximum atomic E-state index is 7.55. The van der Waals surface area contributed by atoms with Crippen molar-refractivity contribution in [2.24, 2.45) is 5.73 Å². The maximum absolute atomic E-state index is 7.55. The summed E-state index contributed by atoms with van der Waals surface area (Å²) in [6.07, 6.45) is 1.04. The summed E-state index contributed by atoms with van der Waals surface area (Å²) < 4.78 is 0. The van der Waals surface area contributed by atoms with Gasteiger partial charge in [-0.3, -0.25) is 5.41 Å². The third kappa shape index (κ3) is 2.89. The summed E-state index contributed by atoms with van der Waals surface area (Å²) >= 11 is 0. The Morgan fingerprint density at radius 1 is 1.31 bits per heavy atom. The Hall–Kier alpha value is -1.71. The van der Waals surface area contributed by atoms with Crippen molar-refractivity contribution in [1.82, 2.24) is 0 Å². The van der Waals surface area contributed by atoms with Gasteiger partial charge in [-0.2, -0.15) is 0 Å². The highest BCUT2D eigenvalue weighted by Gasteiger charge is 2.08. The number of hydrogen-bond donors (Lipinski definition) is 4. The minimum atomic E-state index is 0.0957. The van der Waals surface area contributed by atoms with E-state index in [4.69, 9.17) is 11.1 Å². The lowest BCUT2D eigenvalue weighted by atomic mass is 10.1. The Morgan fingerprint density at radius 3 is 2.62 bits per heavy atom. The number of hydrogen-bond acceptors (Lipinski definition) is 3. The standard InChI is InChI=1S/C12H20N4/c1-3-8-16-11-9(12(13)14)6-5-7-10(11)15-4-2/h5-7,15-16H,3-4,8H2,1-2H3,(H3,13,14). The number of anilines is 2. The van der Waals surface area contributed by atoms with E-state index in [0.29, 0.717) is 0 Å². The first-order chi connectivity index (χ1) is 7.70. The lowest BCUT2D eigenvalue weighted by Gasteiger charge is -2.16. The summed E-state index contributed by atoms with van der Waals surface area (Å²) in [6.45, 7) is 5.88. The Kier molecular flexibility index (Phi) is 4.64. The minimum Gasteiger partial charge on any atom is -0.384 e. The van der Waals surface area contributed by atoms with Crippen LogP contribution in [0.5, 0.6) is 0 Å². The van der Waals surface area contributed by atoms with E-state index in [-0.39, 0.29) is 5.84 Å². The van der Waals surface area contributed by atoms with Crippen molar-refractivity contribution < 1.29 is 0 Å². The SMILES string of the molecule is CCCNc1c(NCC)cccc1C(=N)N. The van der Waals surface area contributed by atoms with Gasteiger partial charge < -0.3 is 16.4 Å². The second-order valence-electron chi connectivity index (χ2n) is 3.60. The second-order valence-corrected chi connectivity index (χ2v) is 3.60. The number of benzene rings is 1. The lowest BCUT2D eigenvalue weighted by Crippen LogP contribution is -2.16. The van der Waals surface area contributed by atoms with Crippen LogP contribution in [0.15, 0.2) is 18.2 Å². The summed E-state index contributed by atoms with van der Waals surface area (Å²) in [5.74, 6) is 0.0957. The summed E-state index contributed by atoms with van der Waals surface area (Å²) in [7, 11) is 0. The molecule has 16 heavy (non-hydrogen) atoms. The molecule has 0 saturated heterocycles. The molecule has 0 aliphatic heterocycles. The topological polar surface area (TPSA) is 73.9 Å². The number of nitrogens with two attached hydrogens (primary N) is 1. The van der Waals surface area contributed by atoms with Gasteiger partial charge in [-0.15, -0.1) is 0 Å². The van der Waals surface area contributed by atoms with Crippen molar-refractivity contribution in [2.75, 3.05) is 23.7 Å². The van der Waals surface area contributed by atoms with Gasteiger partial charge in [-0.1, -0.05) is 13.0 Å². The minimum absolute atomic E-state index is 0.0957. The lowest BCUT2D eigenvalue weighted by molar-refractivity contribution is 0.978. The second kappa shape index (κ2) is 6.00. The molecule has 5 N–H and O–H groups in total. The molecule has 1 rings (SSSR count). The predicted molar refractivity (Wildman–Crippen MR) is 70.4 cm³/mol. The average Bonchev–Trinajstić information content (AvgIpc) is 2.27. The molecule has 4 nitrogen and oxygen atoms in total. The molecule has 1 aromatic carbocycles. The van der Waals surface area contributed by atoms with E-state index in [1.807, 2.05) is 25.1 Å². The number of amidine groups is 1. The third-order valence-corrected chi connectivity index (χ3v) is 2.27. The number of nitrogens with one attached hydrogen (secondary N) is 3. The van der Waals surface area contributed by atoms with Crippen molar-refractivity contribution in [1.29, 1.82) is 5.41 Å². The first-order valence-corrected chi connectivity index (χ1v) is 5.65. The molecule has 0 amide bonds. The highest BCUT2D eigenvalue weighted by atomic mass is 15.0. The number of para-hydroxylation sites is 1. The molecule has 0 fully saturated rings. The average molecular weight is 220 g/mol.